The van der Waals surface area contributed by atoms with Crippen molar-refractivity contribution in [3.8, 4) is 11.5 Å². The van der Waals surface area contributed by atoms with Crippen molar-refractivity contribution in [2.75, 3.05) is 11.1 Å². The van der Waals surface area contributed by atoms with Crippen LogP contribution in [0, 0.1) is 13.8 Å². The minimum absolute atomic E-state index is 0.219. The number of aryl methyl sites for hydroxylation is 2. The van der Waals surface area contributed by atoms with Crippen molar-refractivity contribution < 1.29 is 9.53 Å². The highest BCUT2D eigenvalue weighted by atomic mass is 16.5. The molecular formula is C20H19N3O2. The molecule has 0 fully saturated rings. The van der Waals surface area contributed by atoms with Crippen LogP contribution in [0.2, 0.25) is 0 Å². The molecule has 3 rings (SSSR count). The second-order valence-corrected chi connectivity index (χ2v) is 5.78. The van der Waals surface area contributed by atoms with E-state index in [0.29, 0.717) is 17.0 Å². The van der Waals surface area contributed by atoms with Gasteiger partial charge >= 0.3 is 0 Å². The van der Waals surface area contributed by atoms with Gasteiger partial charge < -0.3 is 15.8 Å². The Labute approximate surface area is 146 Å². The Balaban J connectivity index is 1.69. The predicted octanol–water partition coefficient (Wildman–Crippen LogP) is 4.33. The first-order valence-electron chi connectivity index (χ1n) is 7.90. The van der Waals surface area contributed by atoms with Crippen LogP contribution in [0.4, 0.5) is 11.5 Å². The zero-order chi connectivity index (χ0) is 17.8. The molecule has 1 amide bonds. The van der Waals surface area contributed by atoms with E-state index >= 15 is 0 Å². The average molecular weight is 333 g/mol. The molecule has 2 aromatic carbocycles. The van der Waals surface area contributed by atoms with Crippen LogP contribution in [0.5, 0.6) is 11.5 Å². The molecule has 0 saturated carbocycles. The van der Waals surface area contributed by atoms with E-state index in [-0.39, 0.29) is 11.7 Å². The second-order valence-electron chi connectivity index (χ2n) is 5.78. The fraction of sp³-hybridized carbons (Fsp3) is 0.100. The third-order valence-electron chi connectivity index (χ3n) is 3.65. The zero-order valence-electron chi connectivity index (χ0n) is 14.1. The molecule has 5 heteroatoms. The van der Waals surface area contributed by atoms with Gasteiger partial charge in [0.05, 0.1) is 5.56 Å². The van der Waals surface area contributed by atoms with Crippen molar-refractivity contribution in [1.82, 2.24) is 4.98 Å². The summed E-state index contributed by atoms with van der Waals surface area (Å²) in [6, 6.07) is 18.4. The summed E-state index contributed by atoms with van der Waals surface area (Å²) in [5.74, 6) is 1.39. The minimum Gasteiger partial charge on any atom is -0.457 e. The predicted molar refractivity (Wildman–Crippen MR) is 99.0 cm³/mol. The molecule has 0 bridgehead atoms. The van der Waals surface area contributed by atoms with Gasteiger partial charge in [-0.25, -0.2) is 4.98 Å². The molecule has 1 heterocycles. The molecule has 0 atom stereocenters. The standard InChI is InChI=1S/C20H19N3O2/c1-13-4-3-5-17(12-13)25-16-9-7-15(8-10-16)23-20(24)18-11-6-14(2)22-19(18)21/h3-12H,1-2H3,(H2,21,22)(H,23,24). The third-order valence-corrected chi connectivity index (χ3v) is 3.65. The van der Waals surface area contributed by atoms with Crippen molar-refractivity contribution in [3.05, 3.63) is 77.5 Å². The number of aromatic nitrogens is 1. The number of hydrogen-bond acceptors (Lipinski definition) is 4. The lowest BCUT2D eigenvalue weighted by Crippen LogP contribution is -2.15. The van der Waals surface area contributed by atoms with E-state index in [4.69, 9.17) is 10.5 Å². The number of ether oxygens (including phenoxy) is 1. The van der Waals surface area contributed by atoms with Crippen LogP contribution < -0.4 is 15.8 Å². The number of anilines is 2. The molecule has 126 valence electrons. The van der Waals surface area contributed by atoms with Gasteiger partial charge in [0.2, 0.25) is 0 Å². The fourth-order valence-corrected chi connectivity index (χ4v) is 2.39. The van der Waals surface area contributed by atoms with E-state index in [1.165, 1.54) is 0 Å². The van der Waals surface area contributed by atoms with Crippen LogP contribution in [-0.4, -0.2) is 10.9 Å². The lowest BCUT2D eigenvalue weighted by atomic mass is 10.2. The summed E-state index contributed by atoms with van der Waals surface area (Å²) < 4.78 is 5.79. The van der Waals surface area contributed by atoms with Crippen LogP contribution in [0.3, 0.4) is 0 Å². The quantitative estimate of drug-likeness (QED) is 0.745. The van der Waals surface area contributed by atoms with Crippen LogP contribution in [0.25, 0.3) is 0 Å². The molecule has 3 N–H and O–H groups in total. The van der Waals surface area contributed by atoms with Gasteiger partial charge in [-0.2, -0.15) is 0 Å². The molecule has 0 radical (unpaired) electrons. The van der Waals surface area contributed by atoms with Gasteiger partial charge in [-0.15, -0.1) is 0 Å². The maximum atomic E-state index is 12.3. The molecule has 5 nitrogen and oxygen atoms in total. The van der Waals surface area contributed by atoms with Crippen molar-refractivity contribution >= 4 is 17.4 Å². The summed E-state index contributed by atoms with van der Waals surface area (Å²) in [6.07, 6.45) is 0. The van der Waals surface area contributed by atoms with Gasteiger partial charge in [0.15, 0.2) is 0 Å². The third kappa shape index (κ3) is 4.14. The number of nitrogens with two attached hydrogens (primary N) is 1. The largest absolute Gasteiger partial charge is 0.457 e. The maximum Gasteiger partial charge on any atom is 0.259 e. The number of rotatable bonds is 4. The number of pyridine rings is 1. The van der Waals surface area contributed by atoms with Gasteiger partial charge in [0, 0.05) is 11.4 Å². The Morgan fingerprint density at radius 2 is 1.76 bits per heavy atom. The van der Waals surface area contributed by atoms with Gasteiger partial charge in [0.25, 0.3) is 5.91 Å². The Bertz CT molecular complexity index is 905. The van der Waals surface area contributed by atoms with Crippen molar-refractivity contribution in [2.24, 2.45) is 0 Å². The van der Waals surface area contributed by atoms with E-state index in [9.17, 15) is 4.79 Å². The van der Waals surface area contributed by atoms with Gasteiger partial charge in [-0.3, -0.25) is 4.79 Å². The summed E-state index contributed by atoms with van der Waals surface area (Å²) in [4.78, 5) is 16.4. The van der Waals surface area contributed by atoms with E-state index in [1.807, 2.05) is 38.1 Å². The summed E-state index contributed by atoms with van der Waals surface area (Å²) in [7, 11) is 0. The van der Waals surface area contributed by atoms with Crippen LogP contribution in [-0.2, 0) is 0 Å². The normalized spacial score (nSPS) is 10.3. The molecule has 0 spiro atoms. The highest BCUT2D eigenvalue weighted by molar-refractivity contribution is 6.07. The van der Waals surface area contributed by atoms with Gasteiger partial charge in [0.1, 0.15) is 17.3 Å². The van der Waals surface area contributed by atoms with Crippen LogP contribution in [0.1, 0.15) is 21.6 Å². The molecule has 1 aromatic heterocycles. The van der Waals surface area contributed by atoms with E-state index in [2.05, 4.69) is 10.3 Å². The number of carbonyl (C=O) groups is 1. The average Bonchev–Trinajstić information content (AvgIpc) is 2.56. The summed E-state index contributed by atoms with van der Waals surface area (Å²) in [6.45, 7) is 3.84. The summed E-state index contributed by atoms with van der Waals surface area (Å²) in [5.41, 5.74) is 8.71. The minimum atomic E-state index is -0.294. The first-order valence-corrected chi connectivity index (χ1v) is 7.90. The molecule has 0 unspecified atom stereocenters. The molecule has 0 aliphatic rings. The van der Waals surface area contributed by atoms with Crippen molar-refractivity contribution in [1.29, 1.82) is 0 Å². The fourth-order valence-electron chi connectivity index (χ4n) is 2.39. The van der Waals surface area contributed by atoms with Crippen molar-refractivity contribution in [2.45, 2.75) is 13.8 Å². The highest BCUT2D eigenvalue weighted by Crippen LogP contribution is 2.24. The number of amides is 1. The van der Waals surface area contributed by atoms with Crippen molar-refractivity contribution in [3.63, 3.8) is 0 Å². The molecule has 0 aliphatic heterocycles. The maximum absolute atomic E-state index is 12.3. The first kappa shape index (κ1) is 16.5. The monoisotopic (exact) mass is 333 g/mol. The molecule has 3 aromatic rings. The highest BCUT2D eigenvalue weighted by Gasteiger charge is 2.11. The molecule has 25 heavy (non-hydrogen) atoms. The first-order chi connectivity index (χ1) is 12.0. The Hall–Kier alpha value is -3.34. The smallest absolute Gasteiger partial charge is 0.259 e. The Morgan fingerprint density at radius 1 is 1.00 bits per heavy atom. The number of nitrogens with one attached hydrogen (secondary N) is 1. The van der Waals surface area contributed by atoms with E-state index in [1.54, 1.807) is 36.4 Å². The zero-order valence-corrected chi connectivity index (χ0v) is 14.1. The number of benzene rings is 2. The lowest BCUT2D eigenvalue weighted by Gasteiger charge is -2.09. The van der Waals surface area contributed by atoms with Crippen LogP contribution >= 0.6 is 0 Å². The molecule has 0 aliphatic carbocycles. The summed E-state index contributed by atoms with van der Waals surface area (Å²) in [5, 5.41) is 2.80. The van der Waals surface area contributed by atoms with Gasteiger partial charge in [-0.1, -0.05) is 12.1 Å². The number of nitrogen functional groups attached to an aromatic ring is 1. The Morgan fingerprint density at radius 3 is 2.44 bits per heavy atom. The SMILES string of the molecule is Cc1cccc(Oc2ccc(NC(=O)c3ccc(C)nc3N)cc2)c1. The van der Waals surface area contributed by atoms with Gasteiger partial charge in [-0.05, 0) is 67.9 Å². The number of nitrogens with zero attached hydrogens (tertiary/aromatic N) is 1. The molecule has 0 saturated heterocycles. The number of carbonyl (C=O) groups excluding carboxylic acids is 1. The van der Waals surface area contributed by atoms with E-state index < -0.39 is 0 Å². The summed E-state index contributed by atoms with van der Waals surface area (Å²) >= 11 is 0. The number of hydrogen-bond donors (Lipinski definition) is 2. The van der Waals surface area contributed by atoms with E-state index in [0.717, 1.165) is 17.0 Å². The topological polar surface area (TPSA) is 77.2 Å². The lowest BCUT2D eigenvalue weighted by molar-refractivity contribution is 0.102. The molecular weight excluding hydrogens is 314 g/mol. The van der Waals surface area contributed by atoms with Crippen LogP contribution in [0.15, 0.2) is 60.7 Å². The Kier molecular flexibility index (Phi) is 4.66. The second kappa shape index (κ2) is 7.05.